The monoisotopic (exact) mass is 266 g/mol. The van der Waals surface area contributed by atoms with E-state index in [2.05, 4.69) is 5.32 Å². The van der Waals surface area contributed by atoms with Gasteiger partial charge in [0, 0.05) is 19.1 Å². The van der Waals surface area contributed by atoms with E-state index in [4.69, 9.17) is 0 Å². The van der Waals surface area contributed by atoms with Gasteiger partial charge in [0.25, 0.3) is 0 Å². The molecule has 1 aromatic rings. The second kappa shape index (κ2) is 4.64. The summed E-state index contributed by atoms with van der Waals surface area (Å²) < 4.78 is 27.0. The van der Waals surface area contributed by atoms with E-state index in [9.17, 15) is 8.42 Å². The summed E-state index contributed by atoms with van der Waals surface area (Å²) in [5, 5.41) is 3.31. The highest BCUT2D eigenvalue weighted by Crippen LogP contribution is 2.30. The Balaban J connectivity index is 1.94. The first kappa shape index (κ1) is 12.1. The van der Waals surface area contributed by atoms with Gasteiger partial charge in [-0.3, -0.25) is 0 Å². The maximum atomic E-state index is 12.6. The van der Waals surface area contributed by atoms with Gasteiger partial charge in [0.1, 0.15) is 0 Å². The number of hydrogen-bond acceptors (Lipinski definition) is 3. The number of rotatable bonds is 2. The highest BCUT2D eigenvalue weighted by atomic mass is 32.2. The summed E-state index contributed by atoms with van der Waals surface area (Å²) in [7, 11) is -3.32. The van der Waals surface area contributed by atoms with E-state index >= 15 is 0 Å². The van der Waals surface area contributed by atoms with Gasteiger partial charge in [-0.25, -0.2) is 8.42 Å². The van der Waals surface area contributed by atoms with Crippen LogP contribution in [0, 0.1) is 5.92 Å². The number of sulfonamides is 1. The number of hydrogen-bond donors (Lipinski definition) is 1. The predicted octanol–water partition coefficient (Wildman–Crippen LogP) is 1.06. The van der Waals surface area contributed by atoms with Crippen LogP contribution in [0.25, 0.3) is 0 Å². The van der Waals surface area contributed by atoms with E-state index in [0.29, 0.717) is 17.4 Å². The van der Waals surface area contributed by atoms with Crippen LogP contribution in [-0.2, 0) is 10.0 Å². The van der Waals surface area contributed by atoms with E-state index in [1.165, 1.54) is 0 Å². The Morgan fingerprint density at radius 1 is 1.17 bits per heavy atom. The van der Waals surface area contributed by atoms with Crippen LogP contribution in [0.4, 0.5) is 0 Å². The summed E-state index contributed by atoms with van der Waals surface area (Å²) in [6.07, 6.45) is 2.10. The first-order valence-corrected chi connectivity index (χ1v) is 7.91. The molecule has 2 unspecified atom stereocenters. The lowest BCUT2D eigenvalue weighted by Gasteiger charge is -2.35. The summed E-state index contributed by atoms with van der Waals surface area (Å²) >= 11 is 0. The molecule has 4 nitrogen and oxygen atoms in total. The molecular weight excluding hydrogens is 248 g/mol. The van der Waals surface area contributed by atoms with Crippen LogP contribution in [0.2, 0.25) is 0 Å². The lowest BCUT2D eigenvalue weighted by molar-refractivity contribution is 0.217. The fraction of sp³-hybridized carbons (Fsp3) is 0.538. The SMILES string of the molecule is O=S(=O)(c1ccccc1)N1CCCC2CNCC21. The zero-order valence-electron chi connectivity index (χ0n) is 10.2. The van der Waals surface area contributed by atoms with Gasteiger partial charge in [-0.05, 0) is 37.4 Å². The van der Waals surface area contributed by atoms with Gasteiger partial charge in [0.15, 0.2) is 0 Å². The molecule has 0 saturated carbocycles. The molecule has 0 aromatic heterocycles. The molecule has 0 radical (unpaired) electrons. The maximum absolute atomic E-state index is 12.6. The highest BCUT2D eigenvalue weighted by molar-refractivity contribution is 7.89. The molecule has 5 heteroatoms. The molecular formula is C13H18N2O2S. The molecule has 0 spiro atoms. The number of fused-ring (bicyclic) bond motifs is 1. The molecule has 0 amide bonds. The highest BCUT2D eigenvalue weighted by Gasteiger charge is 2.41. The predicted molar refractivity (Wildman–Crippen MR) is 69.7 cm³/mol. The van der Waals surface area contributed by atoms with Crippen molar-refractivity contribution in [1.29, 1.82) is 0 Å². The van der Waals surface area contributed by atoms with Crippen LogP contribution in [0.5, 0.6) is 0 Å². The number of nitrogens with one attached hydrogen (secondary N) is 1. The topological polar surface area (TPSA) is 49.4 Å². The molecule has 3 rings (SSSR count). The molecule has 0 bridgehead atoms. The molecule has 98 valence electrons. The van der Waals surface area contributed by atoms with Crippen LogP contribution in [0.1, 0.15) is 12.8 Å². The third-order valence-corrected chi connectivity index (χ3v) is 5.92. The zero-order valence-corrected chi connectivity index (χ0v) is 11.1. The zero-order chi connectivity index (χ0) is 12.6. The van der Waals surface area contributed by atoms with Crippen molar-refractivity contribution in [3.8, 4) is 0 Å². The maximum Gasteiger partial charge on any atom is 0.243 e. The van der Waals surface area contributed by atoms with Crippen LogP contribution in [0.15, 0.2) is 35.2 Å². The number of nitrogens with zero attached hydrogens (tertiary/aromatic N) is 1. The van der Waals surface area contributed by atoms with Crippen LogP contribution < -0.4 is 5.32 Å². The lowest BCUT2D eigenvalue weighted by Crippen LogP contribution is -2.48. The summed E-state index contributed by atoms with van der Waals surface area (Å²) in [6, 6.07) is 8.91. The van der Waals surface area contributed by atoms with Gasteiger partial charge in [-0.1, -0.05) is 18.2 Å². The van der Waals surface area contributed by atoms with Crippen molar-refractivity contribution in [1.82, 2.24) is 9.62 Å². The molecule has 2 aliphatic heterocycles. The number of piperidine rings is 1. The number of benzene rings is 1. The van der Waals surface area contributed by atoms with Crippen molar-refractivity contribution < 1.29 is 8.42 Å². The minimum Gasteiger partial charge on any atom is -0.315 e. The van der Waals surface area contributed by atoms with Gasteiger partial charge in [0.2, 0.25) is 10.0 Å². The average molecular weight is 266 g/mol. The second-order valence-corrected chi connectivity index (χ2v) is 6.95. The fourth-order valence-electron chi connectivity index (χ4n) is 3.05. The normalized spacial score (nSPS) is 29.1. The lowest BCUT2D eigenvalue weighted by atomic mass is 9.94. The van der Waals surface area contributed by atoms with Gasteiger partial charge in [0.05, 0.1) is 4.90 Å². The first-order chi connectivity index (χ1) is 8.69. The molecule has 2 heterocycles. The Kier molecular flexibility index (Phi) is 3.13. The molecule has 0 aliphatic carbocycles. The van der Waals surface area contributed by atoms with E-state index in [1.807, 2.05) is 6.07 Å². The molecule has 18 heavy (non-hydrogen) atoms. The van der Waals surface area contributed by atoms with Crippen molar-refractivity contribution in [3.63, 3.8) is 0 Å². The minimum atomic E-state index is -3.32. The summed E-state index contributed by atoms with van der Waals surface area (Å²) in [5.74, 6) is 0.484. The standard InChI is InChI=1S/C13H18N2O2S/c16-18(17,12-6-2-1-3-7-12)15-8-4-5-11-9-14-10-13(11)15/h1-3,6-7,11,13-14H,4-5,8-10H2. The van der Waals surface area contributed by atoms with Crippen LogP contribution in [-0.4, -0.2) is 38.4 Å². The van der Waals surface area contributed by atoms with E-state index < -0.39 is 10.0 Å². The largest absolute Gasteiger partial charge is 0.315 e. The molecule has 2 atom stereocenters. The molecule has 2 aliphatic rings. The average Bonchev–Trinajstić information content (AvgIpc) is 2.87. The van der Waals surface area contributed by atoms with E-state index in [-0.39, 0.29) is 6.04 Å². The van der Waals surface area contributed by atoms with Gasteiger partial charge >= 0.3 is 0 Å². The van der Waals surface area contributed by atoms with Crippen molar-refractivity contribution in [2.24, 2.45) is 5.92 Å². The van der Waals surface area contributed by atoms with Gasteiger partial charge < -0.3 is 5.32 Å². The second-order valence-electron chi connectivity index (χ2n) is 5.06. The van der Waals surface area contributed by atoms with Crippen LogP contribution in [0.3, 0.4) is 0 Å². The summed E-state index contributed by atoms with van der Waals surface area (Å²) in [5.41, 5.74) is 0. The van der Waals surface area contributed by atoms with Crippen molar-refractivity contribution in [3.05, 3.63) is 30.3 Å². The summed E-state index contributed by atoms with van der Waals surface area (Å²) in [6.45, 7) is 2.39. The fourth-order valence-corrected chi connectivity index (χ4v) is 4.80. The smallest absolute Gasteiger partial charge is 0.243 e. The van der Waals surface area contributed by atoms with Crippen molar-refractivity contribution >= 4 is 10.0 Å². The van der Waals surface area contributed by atoms with E-state index in [1.54, 1.807) is 28.6 Å². The molecule has 1 aromatic carbocycles. The molecule has 1 N–H and O–H groups in total. The summed E-state index contributed by atoms with van der Waals surface area (Å²) in [4.78, 5) is 0.414. The quantitative estimate of drug-likeness (QED) is 0.871. The van der Waals surface area contributed by atoms with Gasteiger partial charge in [-0.15, -0.1) is 0 Å². The Hall–Kier alpha value is -0.910. The van der Waals surface area contributed by atoms with Crippen molar-refractivity contribution in [2.45, 2.75) is 23.8 Å². The Labute approximate surface area is 108 Å². The van der Waals surface area contributed by atoms with Crippen molar-refractivity contribution in [2.75, 3.05) is 19.6 Å². The van der Waals surface area contributed by atoms with Gasteiger partial charge in [-0.2, -0.15) is 4.31 Å². The Bertz CT molecular complexity index is 515. The van der Waals surface area contributed by atoms with E-state index in [0.717, 1.165) is 25.9 Å². The minimum absolute atomic E-state index is 0.143. The first-order valence-electron chi connectivity index (χ1n) is 6.47. The Morgan fingerprint density at radius 2 is 1.94 bits per heavy atom. The molecule has 2 saturated heterocycles. The third-order valence-electron chi connectivity index (χ3n) is 3.98. The molecule has 2 fully saturated rings. The third kappa shape index (κ3) is 1.96. The Morgan fingerprint density at radius 3 is 2.72 bits per heavy atom. The van der Waals surface area contributed by atoms with Crippen LogP contribution >= 0.6 is 0 Å².